The second kappa shape index (κ2) is 12.0. The summed E-state index contributed by atoms with van der Waals surface area (Å²) in [6, 6.07) is 58.1. The molecule has 40 heavy (non-hydrogen) atoms. The lowest BCUT2D eigenvalue weighted by Gasteiger charge is -2.15. The fourth-order valence-corrected chi connectivity index (χ4v) is 4.81. The highest BCUT2D eigenvalue weighted by Crippen LogP contribution is 2.33. The van der Waals surface area contributed by atoms with Gasteiger partial charge < -0.3 is 0 Å². The standard InChI is InChI=1S/C38H28N2/c1-5-17-29(18-6-1)33-25-13-15-27-35(33)39-37(31-21-9-3-10-22-31)38(32-23-11-4-12-24-32)40-36-28-16-14-26-34(36)30-19-7-2-8-20-30/h1-28H. The molecular weight excluding hydrogens is 484 g/mol. The Labute approximate surface area is 235 Å². The molecular formula is C38H28N2. The molecule has 6 rings (SSSR count). The van der Waals surface area contributed by atoms with Crippen molar-refractivity contribution in [2.75, 3.05) is 0 Å². The van der Waals surface area contributed by atoms with Crippen LogP contribution in [-0.4, -0.2) is 11.4 Å². The molecule has 2 nitrogen and oxygen atoms in total. The zero-order valence-electron chi connectivity index (χ0n) is 22.1. The molecule has 0 radical (unpaired) electrons. The highest BCUT2D eigenvalue weighted by molar-refractivity contribution is 6.54. The van der Waals surface area contributed by atoms with Crippen molar-refractivity contribution in [3.63, 3.8) is 0 Å². The van der Waals surface area contributed by atoms with Gasteiger partial charge in [-0.15, -0.1) is 0 Å². The molecule has 0 heterocycles. The van der Waals surface area contributed by atoms with Crippen LogP contribution in [-0.2, 0) is 0 Å². The van der Waals surface area contributed by atoms with Gasteiger partial charge in [-0.2, -0.15) is 0 Å². The molecule has 0 aliphatic carbocycles. The van der Waals surface area contributed by atoms with Gasteiger partial charge in [0.25, 0.3) is 0 Å². The summed E-state index contributed by atoms with van der Waals surface area (Å²) in [6.07, 6.45) is 0. The van der Waals surface area contributed by atoms with E-state index < -0.39 is 0 Å². The molecule has 0 saturated heterocycles. The first-order chi connectivity index (χ1) is 19.9. The van der Waals surface area contributed by atoms with Crippen molar-refractivity contribution in [1.82, 2.24) is 0 Å². The van der Waals surface area contributed by atoms with Crippen LogP contribution in [0.25, 0.3) is 22.3 Å². The second-order valence-electron chi connectivity index (χ2n) is 9.42. The minimum absolute atomic E-state index is 0.818. The van der Waals surface area contributed by atoms with Crippen LogP contribution < -0.4 is 0 Å². The van der Waals surface area contributed by atoms with Gasteiger partial charge in [0, 0.05) is 22.3 Å². The average molecular weight is 513 g/mol. The molecule has 0 aromatic heterocycles. The Morgan fingerprint density at radius 1 is 0.300 bits per heavy atom. The molecule has 0 fully saturated rings. The number of para-hydroxylation sites is 2. The molecule has 0 aliphatic rings. The minimum atomic E-state index is 0.818. The Bertz CT molecular complexity index is 1620. The Balaban J connectivity index is 1.61. The lowest BCUT2D eigenvalue weighted by Crippen LogP contribution is -2.17. The van der Waals surface area contributed by atoms with Crippen LogP contribution in [0.5, 0.6) is 0 Å². The first-order valence-corrected chi connectivity index (χ1v) is 13.4. The smallest absolute Gasteiger partial charge is 0.0972 e. The van der Waals surface area contributed by atoms with Gasteiger partial charge in [-0.05, 0) is 23.3 Å². The fraction of sp³-hybridized carbons (Fsp3) is 0. The Morgan fingerprint density at radius 3 is 0.975 bits per heavy atom. The lowest BCUT2D eigenvalue weighted by atomic mass is 9.97. The van der Waals surface area contributed by atoms with E-state index in [1.165, 1.54) is 0 Å². The van der Waals surface area contributed by atoms with Crippen LogP contribution >= 0.6 is 0 Å². The van der Waals surface area contributed by atoms with Gasteiger partial charge in [0.1, 0.15) is 0 Å². The first-order valence-electron chi connectivity index (χ1n) is 13.4. The third-order valence-electron chi connectivity index (χ3n) is 6.76. The summed E-state index contributed by atoms with van der Waals surface area (Å²) >= 11 is 0. The fourth-order valence-electron chi connectivity index (χ4n) is 4.81. The van der Waals surface area contributed by atoms with Crippen molar-refractivity contribution in [2.24, 2.45) is 9.98 Å². The predicted octanol–water partition coefficient (Wildman–Crippen LogP) is 9.96. The van der Waals surface area contributed by atoms with Gasteiger partial charge in [0.15, 0.2) is 0 Å². The third-order valence-corrected chi connectivity index (χ3v) is 6.76. The Kier molecular flexibility index (Phi) is 7.50. The number of hydrogen-bond acceptors (Lipinski definition) is 2. The summed E-state index contributed by atoms with van der Waals surface area (Å²) in [5, 5.41) is 0. The van der Waals surface area contributed by atoms with E-state index in [-0.39, 0.29) is 0 Å². The largest absolute Gasteiger partial charge is 0.245 e. The predicted molar refractivity (Wildman–Crippen MR) is 169 cm³/mol. The maximum atomic E-state index is 5.37. The monoisotopic (exact) mass is 512 g/mol. The average Bonchev–Trinajstić information content (AvgIpc) is 3.05. The Morgan fingerprint density at radius 2 is 0.600 bits per heavy atom. The van der Waals surface area contributed by atoms with Crippen LogP contribution in [0.1, 0.15) is 11.1 Å². The molecule has 2 heteroatoms. The van der Waals surface area contributed by atoms with Crippen molar-refractivity contribution >= 4 is 22.8 Å². The van der Waals surface area contributed by atoms with Crippen LogP contribution in [0.2, 0.25) is 0 Å². The van der Waals surface area contributed by atoms with E-state index in [9.17, 15) is 0 Å². The first kappa shape index (κ1) is 25.0. The SMILES string of the molecule is c1ccc(C(=Nc2ccccc2-c2ccccc2)C(=Nc2ccccc2-c2ccccc2)c2ccccc2)cc1. The minimum Gasteiger partial charge on any atom is -0.245 e. The molecule has 0 aliphatic heterocycles. The van der Waals surface area contributed by atoms with E-state index in [0.717, 1.165) is 56.2 Å². The van der Waals surface area contributed by atoms with Crippen molar-refractivity contribution in [1.29, 1.82) is 0 Å². The second-order valence-corrected chi connectivity index (χ2v) is 9.42. The van der Waals surface area contributed by atoms with Crippen LogP contribution in [0.4, 0.5) is 11.4 Å². The van der Waals surface area contributed by atoms with Crippen molar-refractivity contribution < 1.29 is 0 Å². The van der Waals surface area contributed by atoms with Gasteiger partial charge in [0.05, 0.1) is 22.8 Å². The van der Waals surface area contributed by atoms with Gasteiger partial charge in [-0.1, -0.05) is 158 Å². The summed E-state index contributed by atoms with van der Waals surface area (Å²) < 4.78 is 0. The highest BCUT2D eigenvalue weighted by Gasteiger charge is 2.17. The van der Waals surface area contributed by atoms with Gasteiger partial charge in [0.2, 0.25) is 0 Å². The molecule has 0 atom stereocenters. The van der Waals surface area contributed by atoms with Gasteiger partial charge >= 0.3 is 0 Å². The zero-order chi connectivity index (χ0) is 27.0. The van der Waals surface area contributed by atoms with E-state index in [2.05, 4.69) is 133 Å². The number of benzene rings is 6. The van der Waals surface area contributed by atoms with Crippen molar-refractivity contribution in [2.45, 2.75) is 0 Å². The lowest BCUT2D eigenvalue weighted by molar-refractivity contribution is 1.46. The number of aliphatic imine (C=N–C) groups is 2. The van der Waals surface area contributed by atoms with E-state index in [1.807, 2.05) is 36.4 Å². The third kappa shape index (κ3) is 5.57. The van der Waals surface area contributed by atoms with Crippen molar-refractivity contribution in [3.8, 4) is 22.3 Å². The molecule has 0 unspecified atom stereocenters. The summed E-state index contributed by atoms with van der Waals surface area (Å²) in [5.41, 5.74) is 9.84. The summed E-state index contributed by atoms with van der Waals surface area (Å²) in [6.45, 7) is 0. The molecule has 190 valence electrons. The van der Waals surface area contributed by atoms with Crippen molar-refractivity contribution in [3.05, 3.63) is 181 Å². The van der Waals surface area contributed by atoms with E-state index in [0.29, 0.717) is 0 Å². The highest BCUT2D eigenvalue weighted by atomic mass is 14.8. The summed E-state index contributed by atoms with van der Waals surface area (Å²) in [7, 11) is 0. The number of nitrogens with zero attached hydrogens (tertiary/aromatic N) is 2. The number of rotatable bonds is 7. The van der Waals surface area contributed by atoms with Crippen LogP contribution in [0.3, 0.4) is 0 Å². The van der Waals surface area contributed by atoms with Gasteiger partial charge in [-0.3, -0.25) is 0 Å². The Hall–Kier alpha value is -5.34. The van der Waals surface area contributed by atoms with E-state index in [4.69, 9.17) is 9.98 Å². The number of hydrogen-bond donors (Lipinski definition) is 0. The molecule has 0 amide bonds. The zero-order valence-corrected chi connectivity index (χ0v) is 22.1. The maximum absolute atomic E-state index is 5.37. The molecule has 0 bridgehead atoms. The maximum Gasteiger partial charge on any atom is 0.0972 e. The topological polar surface area (TPSA) is 24.7 Å². The summed E-state index contributed by atoms with van der Waals surface area (Å²) in [4.78, 5) is 10.7. The quantitative estimate of drug-likeness (QED) is 0.190. The van der Waals surface area contributed by atoms with E-state index >= 15 is 0 Å². The molecule has 6 aromatic rings. The van der Waals surface area contributed by atoms with Gasteiger partial charge in [-0.25, -0.2) is 9.98 Å². The molecule has 6 aromatic carbocycles. The normalized spacial score (nSPS) is 11.8. The molecule has 0 spiro atoms. The summed E-state index contributed by atoms with van der Waals surface area (Å²) in [5.74, 6) is 0. The van der Waals surface area contributed by atoms with Crippen LogP contribution in [0.15, 0.2) is 180 Å². The molecule has 0 saturated carbocycles. The molecule has 0 N–H and O–H groups in total. The van der Waals surface area contributed by atoms with Crippen LogP contribution in [0, 0.1) is 0 Å². The van der Waals surface area contributed by atoms with E-state index in [1.54, 1.807) is 0 Å².